The number of ether oxygens (including phenoxy) is 1. The van der Waals surface area contributed by atoms with E-state index in [-0.39, 0.29) is 24.7 Å². The number of rotatable bonds is 6. The van der Waals surface area contributed by atoms with Gasteiger partial charge in [0, 0.05) is 25.2 Å². The van der Waals surface area contributed by atoms with Gasteiger partial charge >= 0.3 is 6.18 Å². The van der Waals surface area contributed by atoms with Crippen LogP contribution in [0.15, 0.2) is 43.1 Å². The second kappa shape index (κ2) is 9.64. The van der Waals surface area contributed by atoms with Crippen molar-refractivity contribution in [2.45, 2.75) is 43.7 Å². The fraction of sp³-hybridized carbons (Fsp3) is 0.522. The molecule has 1 amide bonds. The molecule has 0 aliphatic carbocycles. The monoisotopic (exact) mass is 463 g/mol. The number of likely N-dealkylation sites (tertiary alicyclic amines) is 2. The Morgan fingerprint density at radius 2 is 1.91 bits per heavy atom. The maximum Gasteiger partial charge on any atom is 0.416 e. The minimum absolute atomic E-state index is 0.131. The number of hydrogen-bond acceptors (Lipinski definition) is 5. The number of carbonyl (C=O) groups excluding carboxylic acids is 1. The molecule has 2 fully saturated rings. The van der Waals surface area contributed by atoms with Crippen molar-refractivity contribution < 1.29 is 22.7 Å². The predicted molar refractivity (Wildman–Crippen MR) is 115 cm³/mol. The van der Waals surface area contributed by atoms with Gasteiger partial charge in [-0.15, -0.1) is 5.10 Å². The minimum atomic E-state index is -4.37. The lowest BCUT2D eigenvalue weighted by atomic mass is 9.94. The first-order chi connectivity index (χ1) is 15.7. The molecule has 2 aliphatic rings. The summed E-state index contributed by atoms with van der Waals surface area (Å²) in [6.07, 6.45) is 0.504. The summed E-state index contributed by atoms with van der Waals surface area (Å²) in [5.74, 6) is 0.157. The van der Waals surface area contributed by atoms with E-state index in [0.29, 0.717) is 24.6 Å². The van der Waals surface area contributed by atoms with Crippen LogP contribution in [0.5, 0.6) is 0 Å². The largest absolute Gasteiger partial charge is 0.416 e. The molecule has 2 atom stereocenters. The van der Waals surface area contributed by atoms with E-state index < -0.39 is 11.7 Å². The number of carbonyl (C=O) groups is 1. The quantitative estimate of drug-likeness (QED) is 0.616. The average molecular weight is 464 g/mol. The number of nitrogens with zero attached hydrogens (tertiary/aromatic N) is 5. The maximum atomic E-state index is 12.8. The van der Waals surface area contributed by atoms with Crippen molar-refractivity contribution in [3.63, 3.8) is 0 Å². The molecule has 33 heavy (non-hydrogen) atoms. The zero-order chi connectivity index (χ0) is 23.6. The smallest absolute Gasteiger partial charge is 0.369 e. The Labute approximate surface area is 190 Å². The molecule has 3 heterocycles. The van der Waals surface area contributed by atoms with Gasteiger partial charge in [0.05, 0.1) is 30.0 Å². The Hall–Kier alpha value is -2.72. The van der Waals surface area contributed by atoms with Gasteiger partial charge in [-0.3, -0.25) is 4.79 Å². The number of benzene rings is 1. The first-order valence-corrected chi connectivity index (χ1v) is 11.0. The van der Waals surface area contributed by atoms with E-state index >= 15 is 0 Å². The second-order valence-corrected chi connectivity index (χ2v) is 8.76. The lowest BCUT2D eigenvalue weighted by Gasteiger charge is -2.27. The highest BCUT2D eigenvalue weighted by molar-refractivity contribution is 5.87. The molecule has 178 valence electrons. The number of aromatic nitrogens is 3. The van der Waals surface area contributed by atoms with Crippen molar-refractivity contribution in [1.82, 2.24) is 24.8 Å². The van der Waals surface area contributed by atoms with Crippen molar-refractivity contribution in [3.8, 4) is 0 Å². The van der Waals surface area contributed by atoms with Crippen LogP contribution in [0.25, 0.3) is 0 Å². The summed E-state index contributed by atoms with van der Waals surface area (Å²) in [5, 5.41) is 8.73. The van der Waals surface area contributed by atoms with E-state index in [1.54, 1.807) is 9.58 Å². The lowest BCUT2D eigenvalue weighted by Crippen LogP contribution is -2.29. The molecule has 1 aromatic heterocycles. The third kappa shape index (κ3) is 5.44. The van der Waals surface area contributed by atoms with Crippen LogP contribution in [0.3, 0.4) is 0 Å². The van der Waals surface area contributed by atoms with E-state index in [1.807, 2.05) is 6.20 Å². The molecule has 0 unspecified atom stereocenters. The van der Waals surface area contributed by atoms with Crippen LogP contribution in [-0.2, 0) is 22.3 Å². The summed E-state index contributed by atoms with van der Waals surface area (Å²) in [4.78, 5) is 16.2. The van der Waals surface area contributed by atoms with Gasteiger partial charge < -0.3 is 14.5 Å². The molecule has 2 aromatic rings. The highest BCUT2D eigenvalue weighted by Crippen LogP contribution is 2.31. The van der Waals surface area contributed by atoms with Crippen LogP contribution in [0.4, 0.5) is 13.2 Å². The van der Waals surface area contributed by atoms with Gasteiger partial charge in [0.25, 0.3) is 0 Å². The maximum absolute atomic E-state index is 12.8. The van der Waals surface area contributed by atoms with E-state index in [4.69, 9.17) is 4.74 Å². The highest BCUT2D eigenvalue weighted by atomic mass is 19.4. The topological polar surface area (TPSA) is 63.5 Å². The molecule has 2 saturated heterocycles. The third-order valence-electron chi connectivity index (χ3n) is 6.47. The van der Waals surface area contributed by atoms with Gasteiger partial charge in [0.2, 0.25) is 5.91 Å². The van der Waals surface area contributed by atoms with Crippen LogP contribution < -0.4 is 0 Å². The molecule has 0 radical (unpaired) electrons. The zero-order valence-corrected chi connectivity index (χ0v) is 18.5. The Morgan fingerprint density at radius 1 is 1.21 bits per heavy atom. The minimum Gasteiger partial charge on any atom is -0.369 e. The summed E-state index contributed by atoms with van der Waals surface area (Å²) < 4.78 is 46.2. The molecule has 10 heteroatoms. The van der Waals surface area contributed by atoms with Crippen LogP contribution in [0.1, 0.15) is 41.6 Å². The standard InChI is InChI=1S/C23H28F3N5O2/c1-3-22(32)30-13-20(31-12-19(27-28-31)17-8-10-29(2)11-9-17)21(14-30)33-15-16-4-6-18(7-5-16)23(24,25)26/h3-7,12,17,20-21H,1,8-11,13-15H2,2H3/t20-,21-/m1/s1. The molecule has 0 N–H and O–H groups in total. The van der Waals surface area contributed by atoms with E-state index in [0.717, 1.165) is 43.8 Å². The van der Waals surface area contributed by atoms with Crippen molar-refractivity contribution in [2.75, 3.05) is 33.2 Å². The van der Waals surface area contributed by atoms with Gasteiger partial charge in [0.1, 0.15) is 0 Å². The first-order valence-electron chi connectivity index (χ1n) is 11.0. The zero-order valence-electron chi connectivity index (χ0n) is 18.5. The van der Waals surface area contributed by atoms with Crippen LogP contribution in [0.2, 0.25) is 0 Å². The summed E-state index contributed by atoms with van der Waals surface area (Å²) >= 11 is 0. The Kier molecular flexibility index (Phi) is 6.85. The van der Waals surface area contributed by atoms with Gasteiger partial charge in [0.15, 0.2) is 0 Å². The lowest BCUT2D eigenvalue weighted by molar-refractivity contribution is -0.137. The fourth-order valence-corrected chi connectivity index (χ4v) is 4.42. The molecule has 7 nitrogen and oxygen atoms in total. The first kappa shape index (κ1) is 23.4. The van der Waals surface area contributed by atoms with Gasteiger partial charge in [-0.2, -0.15) is 13.2 Å². The highest BCUT2D eigenvalue weighted by Gasteiger charge is 2.38. The number of piperidine rings is 1. The summed E-state index contributed by atoms with van der Waals surface area (Å²) in [6, 6.07) is 4.67. The Balaban J connectivity index is 1.46. The van der Waals surface area contributed by atoms with E-state index in [1.165, 1.54) is 18.2 Å². The van der Waals surface area contributed by atoms with Crippen LogP contribution in [-0.4, -0.2) is 70.0 Å². The fourth-order valence-electron chi connectivity index (χ4n) is 4.42. The predicted octanol–water partition coefficient (Wildman–Crippen LogP) is 3.26. The van der Waals surface area contributed by atoms with Gasteiger partial charge in [-0.25, -0.2) is 4.68 Å². The average Bonchev–Trinajstić information content (AvgIpc) is 3.45. The molecule has 4 rings (SSSR count). The summed E-state index contributed by atoms with van der Waals surface area (Å²) in [6.45, 7) is 6.47. The molecule has 1 aromatic carbocycles. The van der Waals surface area contributed by atoms with E-state index in [2.05, 4.69) is 28.8 Å². The summed E-state index contributed by atoms with van der Waals surface area (Å²) in [7, 11) is 2.11. The Bertz CT molecular complexity index is 967. The molecule has 0 saturated carbocycles. The SMILES string of the molecule is C=CC(=O)N1C[C@@H](n2cc(C3CCN(C)CC3)nn2)[C@H](OCc2ccc(C(F)(F)F)cc2)C1. The van der Waals surface area contributed by atoms with Crippen molar-refractivity contribution in [1.29, 1.82) is 0 Å². The van der Waals surface area contributed by atoms with E-state index in [9.17, 15) is 18.0 Å². The van der Waals surface area contributed by atoms with Crippen LogP contribution in [0, 0.1) is 0 Å². The molecular weight excluding hydrogens is 435 g/mol. The van der Waals surface area contributed by atoms with Crippen molar-refractivity contribution in [2.24, 2.45) is 0 Å². The number of hydrogen-bond donors (Lipinski definition) is 0. The molecule has 0 bridgehead atoms. The van der Waals surface area contributed by atoms with Crippen molar-refractivity contribution >= 4 is 5.91 Å². The number of alkyl halides is 3. The Morgan fingerprint density at radius 3 is 2.55 bits per heavy atom. The molecule has 0 spiro atoms. The van der Waals surface area contributed by atoms with Gasteiger partial charge in [-0.05, 0) is 56.8 Å². The number of amides is 1. The van der Waals surface area contributed by atoms with Gasteiger partial charge in [-0.1, -0.05) is 23.9 Å². The third-order valence-corrected chi connectivity index (χ3v) is 6.47. The normalized spacial score (nSPS) is 22.6. The molecule has 2 aliphatic heterocycles. The summed E-state index contributed by atoms with van der Waals surface area (Å²) in [5.41, 5.74) is 0.871. The van der Waals surface area contributed by atoms with Crippen molar-refractivity contribution in [3.05, 3.63) is 59.9 Å². The number of halogens is 3. The van der Waals surface area contributed by atoms with Crippen LogP contribution >= 0.6 is 0 Å². The molecular formula is C23H28F3N5O2. The second-order valence-electron chi connectivity index (χ2n) is 8.76.